The maximum atomic E-state index is 4.14. The number of rotatable bonds is 2. The highest BCUT2D eigenvalue weighted by atomic mass is 15.5. The third kappa shape index (κ3) is 1.45. The molecule has 2 heterocycles. The highest BCUT2D eigenvalue weighted by Crippen LogP contribution is 2.16. The summed E-state index contributed by atoms with van der Waals surface area (Å²) in [6.45, 7) is 4.06. The minimum atomic E-state index is 0.590. The Morgan fingerprint density at radius 2 is 1.20 bits per heavy atom. The molecule has 0 spiro atoms. The van der Waals surface area contributed by atoms with Gasteiger partial charge in [0.15, 0.2) is 5.82 Å². The molecule has 2 aromatic heterocycles. The van der Waals surface area contributed by atoms with Crippen LogP contribution in [0.5, 0.6) is 0 Å². The van der Waals surface area contributed by atoms with E-state index in [9.17, 15) is 0 Å². The number of nitrogens with zero attached hydrogens (tertiary/aromatic N) is 6. The van der Waals surface area contributed by atoms with E-state index in [1.54, 1.807) is 9.36 Å². The molecule has 0 aliphatic rings. The molecule has 6 nitrogen and oxygen atoms in total. The molecule has 6 heteroatoms. The number of fused-ring (bicyclic) bond motifs is 2. The Morgan fingerprint density at radius 1 is 0.750 bits per heavy atom. The van der Waals surface area contributed by atoms with Crippen molar-refractivity contribution in [2.75, 3.05) is 0 Å². The summed E-state index contributed by atoms with van der Waals surface area (Å²) in [6, 6.07) is 15.4. The molecule has 4 rings (SSSR count). The van der Waals surface area contributed by atoms with E-state index in [1.165, 1.54) is 0 Å². The lowest BCUT2D eigenvalue weighted by Gasteiger charge is -2.06. The molecule has 4 aromatic rings. The minimum absolute atomic E-state index is 0.590. The van der Waals surface area contributed by atoms with Crippen LogP contribution in [0.15, 0.2) is 55.1 Å². The fraction of sp³-hybridized carbons (Fsp3) is 0. The van der Waals surface area contributed by atoms with Gasteiger partial charge < -0.3 is 0 Å². The van der Waals surface area contributed by atoms with E-state index in [-0.39, 0.29) is 0 Å². The van der Waals surface area contributed by atoms with Crippen molar-refractivity contribution >= 4 is 22.1 Å². The number of benzene rings is 2. The summed E-state index contributed by atoms with van der Waals surface area (Å²) in [5, 5.41) is 16.5. The SMILES string of the molecule is C=C(n1nnc2ccccc21)n1nnc2ccccc21. The molecule has 0 aliphatic heterocycles. The lowest BCUT2D eigenvalue weighted by atomic mass is 10.3. The van der Waals surface area contributed by atoms with Crippen molar-refractivity contribution in [3.05, 3.63) is 60.9 Å². The van der Waals surface area contributed by atoms with Gasteiger partial charge in [-0.1, -0.05) is 41.3 Å². The van der Waals surface area contributed by atoms with Crippen molar-refractivity contribution in [3.63, 3.8) is 0 Å². The van der Waals surface area contributed by atoms with Crippen LogP contribution in [0.2, 0.25) is 0 Å². The molecule has 0 atom stereocenters. The standard InChI is InChI=1S/C14H10N6/c1-10(19-13-8-4-2-6-11(13)15-17-19)20-14-9-5-3-7-12(14)16-18-20/h2-9H,1H2. The highest BCUT2D eigenvalue weighted by Gasteiger charge is 2.12. The van der Waals surface area contributed by atoms with E-state index in [0.29, 0.717) is 5.82 Å². The number of hydrogen-bond acceptors (Lipinski definition) is 4. The largest absolute Gasteiger partial charge is 0.195 e. The van der Waals surface area contributed by atoms with Crippen LogP contribution in [0.4, 0.5) is 0 Å². The van der Waals surface area contributed by atoms with Gasteiger partial charge in [-0.15, -0.1) is 10.2 Å². The molecule has 0 aliphatic carbocycles. The predicted molar refractivity (Wildman–Crippen MR) is 74.7 cm³/mol. The van der Waals surface area contributed by atoms with E-state index >= 15 is 0 Å². The number of aromatic nitrogens is 6. The van der Waals surface area contributed by atoms with Gasteiger partial charge in [-0.3, -0.25) is 0 Å². The van der Waals surface area contributed by atoms with Crippen LogP contribution in [0.1, 0.15) is 0 Å². The summed E-state index contributed by atoms with van der Waals surface area (Å²) in [5.74, 6) is 0.590. The summed E-state index contributed by atoms with van der Waals surface area (Å²) < 4.78 is 3.33. The Balaban J connectivity index is 1.92. The summed E-state index contributed by atoms with van der Waals surface area (Å²) in [4.78, 5) is 0. The zero-order valence-electron chi connectivity index (χ0n) is 10.5. The summed E-state index contributed by atoms with van der Waals surface area (Å²) in [6.07, 6.45) is 0. The molecule has 2 aromatic carbocycles. The first-order chi connectivity index (χ1) is 9.84. The van der Waals surface area contributed by atoms with Gasteiger partial charge in [0.05, 0.1) is 11.0 Å². The first kappa shape index (κ1) is 10.9. The molecule has 0 bridgehead atoms. The van der Waals surface area contributed by atoms with E-state index in [2.05, 4.69) is 27.2 Å². The van der Waals surface area contributed by atoms with Crippen molar-refractivity contribution in [3.8, 4) is 0 Å². The molecule has 0 N–H and O–H groups in total. The summed E-state index contributed by atoms with van der Waals surface area (Å²) in [5.41, 5.74) is 3.41. The lowest BCUT2D eigenvalue weighted by Crippen LogP contribution is -2.13. The Labute approximate surface area is 113 Å². The van der Waals surface area contributed by atoms with Crippen molar-refractivity contribution in [1.82, 2.24) is 30.0 Å². The van der Waals surface area contributed by atoms with Gasteiger partial charge in [0.25, 0.3) is 0 Å². The molecule has 20 heavy (non-hydrogen) atoms. The second kappa shape index (κ2) is 3.99. The van der Waals surface area contributed by atoms with Gasteiger partial charge >= 0.3 is 0 Å². The van der Waals surface area contributed by atoms with Crippen LogP contribution in [-0.2, 0) is 0 Å². The first-order valence-electron chi connectivity index (χ1n) is 6.15. The highest BCUT2D eigenvalue weighted by molar-refractivity contribution is 5.76. The van der Waals surface area contributed by atoms with Crippen LogP contribution in [0, 0.1) is 5.82 Å². The fourth-order valence-corrected chi connectivity index (χ4v) is 2.21. The normalized spacial score (nSPS) is 11.2. The van der Waals surface area contributed by atoms with Crippen molar-refractivity contribution in [1.29, 1.82) is 0 Å². The molecular weight excluding hydrogens is 252 g/mol. The van der Waals surface area contributed by atoms with Crippen LogP contribution in [0.25, 0.3) is 22.1 Å². The Bertz CT molecular complexity index is 857. The van der Waals surface area contributed by atoms with Crippen molar-refractivity contribution < 1.29 is 0 Å². The van der Waals surface area contributed by atoms with Gasteiger partial charge in [-0.05, 0) is 24.3 Å². The average molecular weight is 262 g/mol. The number of hydrogen-bond donors (Lipinski definition) is 0. The summed E-state index contributed by atoms with van der Waals surface area (Å²) in [7, 11) is 0. The van der Waals surface area contributed by atoms with Gasteiger partial charge in [0.1, 0.15) is 11.0 Å². The molecular formula is C14H10N6. The third-order valence-electron chi connectivity index (χ3n) is 3.19. The van der Waals surface area contributed by atoms with E-state index in [0.717, 1.165) is 22.1 Å². The predicted octanol–water partition coefficient (Wildman–Crippen LogP) is 1.97. The van der Waals surface area contributed by atoms with Crippen LogP contribution in [-0.4, -0.2) is 30.0 Å². The van der Waals surface area contributed by atoms with E-state index in [4.69, 9.17) is 0 Å². The quantitative estimate of drug-likeness (QED) is 0.554. The zero-order valence-corrected chi connectivity index (χ0v) is 10.5. The molecule has 0 unspecified atom stereocenters. The van der Waals surface area contributed by atoms with Crippen LogP contribution in [0.3, 0.4) is 0 Å². The topological polar surface area (TPSA) is 61.4 Å². The van der Waals surface area contributed by atoms with Crippen molar-refractivity contribution in [2.24, 2.45) is 0 Å². The van der Waals surface area contributed by atoms with E-state index in [1.807, 2.05) is 48.5 Å². The Kier molecular flexibility index (Phi) is 2.17. The monoisotopic (exact) mass is 262 g/mol. The molecule has 0 fully saturated rings. The maximum absolute atomic E-state index is 4.14. The second-order valence-electron chi connectivity index (χ2n) is 4.40. The lowest BCUT2D eigenvalue weighted by molar-refractivity contribution is 0.618. The molecule has 96 valence electrons. The average Bonchev–Trinajstić information content (AvgIpc) is 3.11. The summed E-state index contributed by atoms with van der Waals surface area (Å²) >= 11 is 0. The second-order valence-corrected chi connectivity index (χ2v) is 4.40. The molecule has 0 amide bonds. The Hall–Kier alpha value is -3.02. The number of para-hydroxylation sites is 2. The third-order valence-corrected chi connectivity index (χ3v) is 3.19. The minimum Gasteiger partial charge on any atom is -0.195 e. The van der Waals surface area contributed by atoms with Gasteiger partial charge in [0.2, 0.25) is 0 Å². The molecule has 0 radical (unpaired) electrons. The van der Waals surface area contributed by atoms with Crippen LogP contribution >= 0.6 is 0 Å². The Morgan fingerprint density at radius 3 is 1.70 bits per heavy atom. The smallest absolute Gasteiger partial charge is 0.152 e. The van der Waals surface area contributed by atoms with Crippen LogP contribution < -0.4 is 0 Å². The molecule has 0 saturated heterocycles. The van der Waals surface area contributed by atoms with Gasteiger partial charge in [0, 0.05) is 0 Å². The first-order valence-corrected chi connectivity index (χ1v) is 6.15. The van der Waals surface area contributed by atoms with Gasteiger partial charge in [-0.2, -0.15) is 9.36 Å². The maximum Gasteiger partial charge on any atom is 0.152 e. The zero-order chi connectivity index (χ0) is 13.5. The van der Waals surface area contributed by atoms with Gasteiger partial charge in [-0.25, -0.2) is 0 Å². The van der Waals surface area contributed by atoms with E-state index < -0.39 is 0 Å². The molecule has 0 saturated carbocycles. The van der Waals surface area contributed by atoms with Crippen molar-refractivity contribution in [2.45, 2.75) is 0 Å². The fourth-order valence-electron chi connectivity index (χ4n) is 2.21.